The summed E-state index contributed by atoms with van der Waals surface area (Å²) < 4.78 is 7.07. The van der Waals surface area contributed by atoms with E-state index in [0.29, 0.717) is 40.0 Å². The van der Waals surface area contributed by atoms with Gasteiger partial charge in [0.2, 0.25) is 5.95 Å². The highest BCUT2D eigenvalue weighted by molar-refractivity contribution is 6.06. The molecule has 1 aliphatic rings. The summed E-state index contributed by atoms with van der Waals surface area (Å²) >= 11 is 0. The highest BCUT2D eigenvalue weighted by atomic mass is 16.5. The summed E-state index contributed by atoms with van der Waals surface area (Å²) in [5, 5.41) is 21.1. The summed E-state index contributed by atoms with van der Waals surface area (Å²) in [6.07, 6.45) is 0. The molecule has 0 fully saturated rings. The minimum absolute atomic E-state index is 0.100. The zero-order valence-corrected chi connectivity index (χ0v) is 18.7. The van der Waals surface area contributed by atoms with Crippen LogP contribution >= 0.6 is 0 Å². The number of carbonyl (C=O) groups excluding carboxylic acids is 1. The van der Waals surface area contributed by atoms with Crippen LogP contribution in [0, 0.1) is 0 Å². The Labute approximate surface area is 196 Å². The number of aromatic hydroxyl groups is 1. The van der Waals surface area contributed by atoms with Crippen LogP contribution in [0.4, 0.5) is 11.6 Å². The number of rotatable bonds is 5. The minimum Gasteiger partial charge on any atom is -0.508 e. The van der Waals surface area contributed by atoms with Crippen molar-refractivity contribution in [1.82, 2.24) is 14.8 Å². The number of para-hydroxylation sites is 2. The van der Waals surface area contributed by atoms with Crippen molar-refractivity contribution in [3.8, 4) is 22.9 Å². The number of allylic oxidation sites excluding steroid dienone is 1. The van der Waals surface area contributed by atoms with Crippen LogP contribution in [-0.2, 0) is 4.79 Å². The number of hydrogen-bond acceptors (Lipinski definition) is 6. The fraction of sp³-hybridized carbons (Fsp3) is 0.115. The van der Waals surface area contributed by atoms with Gasteiger partial charge >= 0.3 is 0 Å². The number of phenolic OH excluding ortho intramolecular Hbond substituents is 1. The molecule has 8 nitrogen and oxygen atoms in total. The fourth-order valence-corrected chi connectivity index (χ4v) is 4.10. The van der Waals surface area contributed by atoms with Gasteiger partial charge in [-0.15, -0.1) is 5.10 Å². The third-order valence-corrected chi connectivity index (χ3v) is 5.67. The number of fused-ring (bicyclic) bond motifs is 1. The van der Waals surface area contributed by atoms with Gasteiger partial charge in [-0.25, -0.2) is 4.68 Å². The molecule has 170 valence electrons. The number of aromatic nitrogens is 3. The van der Waals surface area contributed by atoms with Gasteiger partial charge in [-0.3, -0.25) is 4.79 Å². The van der Waals surface area contributed by atoms with Crippen LogP contribution in [0.25, 0.3) is 11.4 Å². The molecule has 3 aromatic carbocycles. The van der Waals surface area contributed by atoms with Crippen molar-refractivity contribution in [1.29, 1.82) is 0 Å². The predicted octanol–water partition coefficient (Wildman–Crippen LogP) is 4.59. The predicted molar refractivity (Wildman–Crippen MR) is 130 cm³/mol. The van der Waals surface area contributed by atoms with E-state index in [1.54, 1.807) is 42.1 Å². The third kappa shape index (κ3) is 3.86. The second-order valence-electron chi connectivity index (χ2n) is 7.89. The Bertz CT molecular complexity index is 1390. The Balaban J connectivity index is 1.61. The standard InChI is InChI=1S/C26H23N5O3/c1-16-22(25(33)28-20-13-6-7-14-21(20)34-2)23(18-11-8-12-19(32)15-18)31-26(27-16)29-24(30-31)17-9-4-3-5-10-17/h3-15,23,32H,1-2H3,(H,28,33)(H,27,29,30). The van der Waals surface area contributed by atoms with E-state index in [4.69, 9.17) is 9.84 Å². The van der Waals surface area contributed by atoms with Crippen LogP contribution in [0.5, 0.6) is 11.5 Å². The highest BCUT2D eigenvalue weighted by Crippen LogP contribution is 2.38. The maximum absolute atomic E-state index is 13.6. The monoisotopic (exact) mass is 453 g/mol. The lowest BCUT2D eigenvalue weighted by Crippen LogP contribution is -2.31. The van der Waals surface area contributed by atoms with Gasteiger partial charge in [0.25, 0.3) is 5.91 Å². The number of amides is 1. The second-order valence-corrected chi connectivity index (χ2v) is 7.89. The number of benzene rings is 3. The number of carbonyl (C=O) groups is 1. The van der Waals surface area contributed by atoms with Gasteiger partial charge in [0.1, 0.15) is 17.5 Å². The van der Waals surface area contributed by atoms with E-state index >= 15 is 0 Å². The molecule has 0 spiro atoms. The van der Waals surface area contributed by atoms with E-state index in [9.17, 15) is 9.90 Å². The Hall–Kier alpha value is -4.59. The number of nitrogens with zero attached hydrogens (tertiary/aromatic N) is 3. The Kier molecular flexibility index (Phi) is 5.47. The first kappa shape index (κ1) is 21.3. The van der Waals surface area contributed by atoms with Crippen LogP contribution in [0.15, 0.2) is 90.1 Å². The zero-order valence-electron chi connectivity index (χ0n) is 18.7. The van der Waals surface area contributed by atoms with Crippen molar-refractivity contribution < 1.29 is 14.6 Å². The zero-order chi connectivity index (χ0) is 23.7. The molecule has 2 heterocycles. The molecule has 5 rings (SSSR count). The molecule has 0 radical (unpaired) electrons. The third-order valence-electron chi connectivity index (χ3n) is 5.67. The van der Waals surface area contributed by atoms with Crippen molar-refractivity contribution in [2.75, 3.05) is 17.7 Å². The van der Waals surface area contributed by atoms with E-state index in [-0.39, 0.29) is 11.7 Å². The topological polar surface area (TPSA) is 101 Å². The average Bonchev–Trinajstić information content (AvgIpc) is 3.27. The molecule has 34 heavy (non-hydrogen) atoms. The molecular weight excluding hydrogens is 430 g/mol. The van der Waals surface area contributed by atoms with Gasteiger partial charge in [0.05, 0.1) is 18.4 Å². The van der Waals surface area contributed by atoms with E-state index in [0.717, 1.165) is 5.56 Å². The Morgan fingerprint density at radius 1 is 1.06 bits per heavy atom. The maximum Gasteiger partial charge on any atom is 0.255 e. The first-order valence-electron chi connectivity index (χ1n) is 10.8. The Morgan fingerprint density at radius 3 is 2.59 bits per heavy atom. The first-order chi connectivity index (χ1) is 16.5. The molecule has 1 unspecified atom stereocenters. The molecule has 1 atom stereocenters. The number of hydrogen-bond donors (Lipinski definition) is 3. The molecule has 8 heteroatoms. The SMILES string of the molecule is COc1ccccc1NC(=O)C1=C(C)Nc2nc(-c3ccccc3)nn2C1c1cccc(O)c1. The molecule has 1 aromatic heterocycles. The molecule has 0 aliphatic carbocycles. The summed E-state index contributed by atoms with van der Waals surface area (Å²) in [5.74, 6) is 1.39. The van der Waals surface area contributed by atoms with Gasteiger partial charge in [0.15, 0.2) is 5.82 Å². The molecule has 0 saturated heterocycles. The van der Waals surface area contributed by atoms with Crippen molar-refractivity contribution >= 4 is 17.5 Å². The summed E-state index contributed by atoms with van der Waals surface area (Å²) in [7, 11) is 1.56. The summed E-state index contributed by atoms with van der Waals surface area (Å²) in [5.41, 5.74) is 3.21. The lowest BCUT2D eigenvalue weighted by Gasteiger charge is -2.29. The maximum atomic E-state index is 13.6. The van der Waals surface area contributed by atoms with Gasteiger partial charge in [-0.1, -0.05) is 54.6 Å². The number of phenols is 1. The van der Waals surface area contributed by atoms with E-state index in [1.807, 2.05) is 55.5 Å². The van der Waals surface area contributed by atoms with Gasteiger partial charge in [0, 0.05) is 11.3 Å². The summed E-state index contributed by atoms with van der Waals surface area (Å²) in [6.45, 7) is 1.83. The molecule has 3 N–H and O–H groups in total. The number of ether oxygens (including phenoxy) is 1. The lowest BCUT2D eigenvalue weighted by molar-refractivity contribution is -0.113. The molecule has 4 aromatic rings. The van der Waals surface area contributed by atoms with Crippen LogP contribution < -0.4 is 15.4 Å². The number of nitrogens with one attached hydrogen (secondary N) is 2. The minimum atomic E-state index is -0.608. The van der Waals surface area contributed by atoms with Gasteiger partial charge in [-0.2, -0.15) is 4.98 Å². The second kappa shape index (κ2) is 8.74. The molecular formula is C26H23N5O3. The van der Waals surface area contributed by atoms with Crippen LogP contribution in [0.3, 0.4) is 0 Å². The Morgan fingerprint density at radius 2 is 1.82 bits per heavy atom. The molecule has 0 saturated carbocycles. The van der Waals surface area contributed by atoms with Crippen molar-refractivity contribution in [2.45, 2.75) is 13.0 Å². The number of methoxy groups -OCH3 is 1. The highest BCUT2D eigenvalue weighted by Gasteiger charge is 2.35. The number of anilines is 2. The first-order valence-corrected chi connectivity index (χ1v) is 10.8. The largest absolute Gasteiger partial charge is 0.508 e. The summed E-state index contributed by atoms with van der Waals surface area (Å²) in [6, 6.07) is 23.1. The van der Waals surface area contributed by atoms with Crippen LogP contribution in [0.2, 0.25) is 0 Å². The summed E-state index contributed by atoms with van der Waals surface area (Å²) in [4.78, 5) is 18.3. The van der Waals surface area contributed by atoms with Crippen LogP contribution in [0.1, 0.15) is 18.5 Å². The van der Waals surface area contributed by atoms with E-state index in [1.165, 1.54) is 0 Å². The quantitative estimate of drug-likeness (QED) is 0.409. The van der Waals surface area contributed by atoms with Crippen molar-refractivity contribution in [3.63, 3.8) is 0 Å². The van der Waals surface area contributed by atoms with Crippen molar-refractivity contribution in [2.24, 2.45) is 0 Å². The van der Waals surface area contributed by atoms with Gasteiger partial charge < -0.3 is 20.5 Å². The molecule has 0 bridgehead atoms. The fourth-order valence-electron chi connectivity index (χ4n) is 4.10. The normalized spacial score (nSPS) is 14.8. The van der Waals surface area contributed by atoms with E-state index in [2.05, 4.69) is 15.6 Å². The molecule has 1 amide bonds. The molecule has 1 aliphatic heterocycles. The van der Waals surface area contributed by atoms with Gasteiger partial charge in [-0.05, 0) is 36.8 Å². The smallest absolute Gasteiger partial charge is 0.255 e. The average molecular weight is 454 g/mol. The van der Waals surface area contributed by atoms with Crippen LogP contribution in [-0.4, -0.2) is 32.9 Å². The lowest BCUT2D eigenvalue weighted by atomic mass is 9.95. The van der Waals surface area contributed by atoms with Crippen molar-refractivity contribution in [3.05, 3.63) is 95.7 Å². The van der Waals surface area contributed by atoms with E-state index < -0.39 is 6.04 Å².